The first-order chi connectivity index (χ1) is 8.22. The molecular weight excluding hydrogens is 212 g/mol. The van der Waals surface area contributed by atoms with E-state index in [1.54, 1.807) is 7.11 Å². The molecule has 1 aliphatic carbocycles. The maximum Gasteiger partial charge on any atom is 0.121 e. The van der Waals surface area contributed by atoms with Gasteiger partial charge in [-0.25, -0.2) is 0 Å². The molecule has 17 heavy (non-hydrogen) atoms. The van der Waals surface area contributed by atoms with E-state index in [0.717, 1.165) is 29.5 Å². The van der Waals surface area contributed by atoms with E-state index in [-0.39, 0.29) is 0 Å². The quantitative estimate of drug-likeness (QED) is 0.743. The predicted molar refractivity (Wildman–Crippen MR) is 72.4 cm³/mol. The van der Waals surface area contributed by atoms with Gasteiger partial charge < -0.3 is 15.8 Å². The Balaban J connectivity index is 2.03. The van der Waals surface area contributed by atoms with E-state index in [4.69, 9.17) is 10.5 Å². The number of ether oxygens (including phenoxy) is 1. The van der Waals surface area contributed by atoms with Crippen molar-refractivity contribution < 1.29 is 4.74 Å². The van der Waals surface area contributed by atoms with Crippen molar-refractivity contribution in [3.63, 3.8) is 0 Å². The summed E-state index contributed by atoms with van der Waals surface area (Å²) in [6.07, 6.45) is 5.18. The monoisotopic (exact) mass is 234 g/mol. The van der Waals surface area contributed by atoms with E-state index in [1.165, 1.54) is 19.3 Å². The number of hydrogen-bond acceptors (Lipinski definition) is 3. The van der Waals surface area contributed by atoms with Crippen LogP contribution in [-0.4, -0.2) is 13.2 Å². The molecule has 0 aromatic heterocycles. The first kappa shape index (κ1) is 12.1. The lowest BCUT2D eigenvalue weighted by atomic mass is 10.1. The van der Waals surface area contributed by atoms with Crippen LogP contribution in [-0.2, 0) is 0 Å². The van der Waals surface area contributed by atoms with E-state index < -0.39 is 0 Å². The summed E-state index contributed by atoms with van der Waals surface area (Å²) in [6, 6.07) is 6.29. The predicted octanol–water partition coefficient (Wildman–Crippen LogP) is 3.27. The Hall–Kier alpha value is -1.38. The summed E-state index contributed by atoms with van der Waals surface area (Å²) in [5.41, 5.74) is 7.76. The Bertz CT molecular complexity index is 374. The highest BCUT2D eigenvalue weighted by molar-refractivity contribution is 5.68. The number of anilines is 2. The molecule has 3 nitrogen and oxygen atoms in total. The van der Waals surface area contributed by atoms with Gasteiger partial charge in [0.15, 0.2) is 0 Å². The van der Waals surface area contributed by atoms with Crippen LogP contribution in [0.1, 0.15) is 32.6 Å². The SMILES string of the molecule is CCC(CC1CC1)Nc1cc(OC)ccc1N. The molecule has 1 unspecified atom stereocenters. The molecule has 0 amide bonds. The fourth-order valence-corrected chi connectivity index (χ4v) is 2.09. The van der Waals surface area contributed by atoms with E-state index in [1.807, 2.05) is 18.2 Å². The van der Waals surface area contributed by atoms with Crippen LogP contribution in [0.5, 0.6) is 5.75 Å². The van der Waals surface area contributed by atoms with Crippen molar-refractivity contribution in [3.05, 3.63) is 18.2 Å². The van der Waals surface area contributed by atoms with Gasteiger partial charge in [0.25, 0.3) is 0 Å². The lowest BCUT2D eigenvalue weighted by Crippen LogP contribution is -2.19. The number of nitrogens with two attached hydrogens (primary N) is 1. The minimum atomic E-state index is 0.525. The maximum atomic E-state index is 5.98. The van der Waals surface area contributed by atoms with Crippen LogP contribution in [0.25, 0.3) is 0 Å². The first-order valence-electron chi connectivity index (χ1n) is 6.43. The lowest BCUT2D eigenvalue weighted by Gasteiger charge is -2.19. The number of nitrogen functional groups attached to an aromatic ring is 1. The summed E-state index contributed by atoms with van der Waals surface area (Å²) < 4.78 is 5.22. The molecule has 1 atom stereocenters. The van der Waals surface area contributed by atoms with Crippen LogP contribution in [0.3, 0.4) is 0 Å². The molecule has 1 aromatic carbocycles. The third-order valence-electron chi connectivity index (χ3n) is 3.43. The normalized spacial score (nSPS) is 16.6. The minimum Gasteiger partial charge on any atom is -0.497 e. The number of benzene rings is 1. The average Bonchev–Trinajstić information content (AvgIpc) is 3.14. The molecule has 2 rings (SSSR count). The van der Waals surface area contributed by atoms with Crippen molar-refractivity contribution in [1.82, 2.24) is 0 Å². The van der Waals surface area contributed by atoms with Crippen molar-refractivity contribution in [2.24, 2.45) is 5.92 Å². The van der Waals surface area contributed by atoms with Gasteiger partial charge in [-0.3, -0.25) is 0 Å². The second-order valence-electron chi connectivity index (χ2n) is 4.88. The molecule has 0 radical (unpaired) electrons. The Morgan fingerprint density at radius 3 is 2.82 bits per heavy atom. The molecule has 1 saturated carbocycles. The summed E-state index contributed by atoms with van der Waals surface area (Å²) in [7, 11) is 1.68. The first-order valence-corrected chi connectivity index (χ1v) is 6.43. The number of hydrogen-bond donors (Lipinski definition) is 2. The largest absolute Gasteiger partial charge is 0.497 e. The third kappa shape index (κ3) is 3.29. The molecule has 1 aromatic rings. The Kier molecular flexibility index (Phi) is 3.77. The van der Waals surface area contributed by atoms with Gasteiger partial charge in [-0.2, -0.15) is 0 Å². The van der Waals surface area contributed by atoms with Gasteiger partial charge in [0.1, 0.15) is 5.75 Å². The molecule has 0 heterocycles. The molecular formula is C14H22N2O. The zero-order valence-corrected chi connectivity index (χ0v) is 10.7. The zero-order valence-electron chi connectivity index (χ0n) is 10.7. The number of rotatable bonds is 6. The molecule has 0 aliphatic heterocycles. The summed E-state index contributed by atoms with van der Waals surface area (Å²) in [4.78, 5) is 0. The molecule has 3 heteroatoms. The summed E-state index contributed by atoms with van der Waals surface area (Å²) in [5, 5.41) is 3.54. The fourth-order valence-electron chi connectivity index (χ4n) is 2.09. The Labute approximate surface area is 103 Å². The smallest absolute Gasteiger partial charge is 0.121 e. The van der Waals surface area contributed by atoms with E-state index in [0.29, 0.717) is 6.04 Å². The highest BCUT2D eigenvalue weighted by Gasteiger charge is 2.24. The molecule has 3 N–H and O–H groups in total. The van der Waals surface area contributed by atoms with E-state index in [2.05, 4.69) is 12.2 Å². The van der Waals surface area contributed by atoms with Crippen molar-refractivity contribution >= 4 is 11.4 Å². The van der Waals surface area contributed by atoms with Crippen LogP contribution in [0.2, 0.25) is 0 Å². The summed E-state index contributed by atoms with van der Waals surface area (Å²) in [6.45, 7) is 2.22. The highest BCUT2D eigenvalue weighted by atomic mass is 16.5. The topological polar surface area (TPSA) is 47.3 Å². The van der Waals surface area contributed by atoms with E-state index >= 15 is 0 Å². The molecule has 0 bridgehead atoms. The van der Waals surface area contributed by atoms with E-state index in [9.17, 15) is 0 Å². The van der Waals surface area contributed by atoms with Crippen LogP contribution >= 0.6 is 0 Å². The van der Waals surface area contributed by atoms with Gasteiger partial charge >= 0.3 is 0 Å². The van der Waals surface area contributed by atoms with Crippen molar-refractivity contribution in [3.8, 4) is 5.75 Å². The average molecular weight is 234 g/mol. The van der Waals surface area contributed by atoms with Crippen LogP contribution < -0.4 is 15.8 Å². The molecule has 1 aliphatic rings. The molecule has 0 spiro atoms. The van der Waals surface area contributed by atoms with Crippen LogP contribution in [0.4, 0.5) is 11.4 Å². The lowest BCUT2D eigenvalue weighted by molar-refractivity contribution is 0.415. The van der Waals surface area contributed by atoms with Crippen molar-refractivity contribution in [1.29, 1.82) is 0 Å². The van der Waals surface area contributed by atoms with Gasteiger partial charge in [-0.15, -0.1) is 0 Å². The van der Waals surface area contributed by atoms with Crippen LogP contribution in [0.15, 0.2) is 18.2 Å². The third-order valence-corrected chi connectivity index (χ3v) is 3.43. The second kappa shape index (κ2) is 5.30. The molecule has 0 saturated heterocycles. The van der Waals surface area contributed by atoms with Crippen molar-refractivity contribution in [2.45, 2.75) is 38.6 Å². The highest BCUT2D eigenvalue weighted by Crippen LogP contribution is 2.35. The fraction of sp³-hybridized carbons (Fsp3) is 0.571. The number of nitrogens with one attached hydrogen (secondary N) is 1. The zero-order chi connectivity index (χ0) is 12.3. The van der Waals surface area contributed by atoms with Crippen molar-refractivity contribution in [2.75, 3.05) is 18.2 Å². The Morgan fingerprint density at radius 2 is 2.24 bits per heavy atom. The summed E-state index contributed by atoms with van der Waals surface area (Å²) >= 11 is 0. The minimum absolute atomic E-state index is 0.525. The van der Waals surface area contributed by atoms with Gasteiger partial charge in [-0.05, 0) is 30.9 Å². The van der Waals surface area contributed by atoms with Gasteiger partial charge in [-0.1, -0.05) is 19.8 Å². The summed E-state index contributed by atoms with van der Waals surface area (Å²) in [5.74, 6) is 1.78. The number of methoxy groups -OCH3 is 1. The maximum absolute atomic E-state index is 5.98. The Morgan fingerprint density at radius 1 is 1.47 bits per heavy atom. The molecule has 1 fully saturated rings. The van der Waals surface area contributed by atoms with Gasteiger partial charge in [0.05, 0.1) is 18.5 Å². The second-order valence-corrected chi connectivity index (χ2v) is 4.88. The standard InChI is InChI=1S/C14H22N2O/c1-3-11(8-10-4-5-10)16-14-9-12(17-2)6-7-13(14)15/h6-7,9-11,16H,3-5,8,15H2,1-2H3. The molecule has 94 valence electrons. The van der Waals surface area contributed by atoms with Gasteiger partial charge in [0, 0.05) is 12.1 Å². The van der Waals surface area contributed by atoms with Gasteiger partial charge in [0.2, 0.25) is 0 Å². The van der Waals surface area contributed by atoms with Crippen LogP contribution in [0, 0.1) is 5.92 Å².